The third kappa shape index (κ3) is 10.7. The van der Waals surface area contributed by atoms with Gasteiger partial charge in [0.15, 0.2) is 0 Å². The van der Waals surface area contributed by atoms with E-state index in [1.165, 1.54) is 30.2 Å². The number of hydrogen-bond acceptors (Lipinski definition) is 8. The topological polar surface area (TPSA) is 147 Å². The number of H-pyrrole nitrogens is 2. The highest BCUT2D eigenvalue weighted by molar-refractivity contribution is 6.48. The predicted octanol–water partition coefficient (Wildman–Crippen LogP) is 11.8. The largest absolute Gasteiger partial charge is 0.512 e. The molecule has 0 saturated carbocycles. The molecular formula is C55H70N4O6. The number of ketones is 1. The average Bonchev–Trinajstić information content (AvgIpc) is 4.00. The zero-order chi connectivity index (χ0) is 47.3. The first kappa shape index (κ1) is 48.7. The van der Waals surface area contributed by atoms with Crippen LogP contribution < -0.4 is 10.4 Å². The third-order valence-electron chi connectivity index (χ3n) is 13.7. The van der Waals surface area contributed by atoms with Gasteiger partial charge in [-0.25, -0.2) is 4.79 Å². The molecule has 3 aromatic heterocycles. The quantitative estimate of drug-likeness (QED) is 0.0951. The number of methoxy groups -OCH3 is 1. The lowest BCUT2D eigenvalue weighted by Gasteiger charge is -2.16. The number of aliphatic hydroxyl groups excluding tert-OH is 1. The first-order chi connectivity index (χ1) is 30.9. The molecule has 346 valence electrons. The van der Waals surface area contributed by atoms with Gasteiger partial charge in [0.1, 0.15) is 12.2 Å². The molecule has 4 atom stereocenters. The molecule has 8 bridgehead atoms. The highest BCUT2D eigenvalue weighted by Gasteiger charge is 2.38. The van der Waals surface area contributed by atoms with Gasteiger partial charge in [-0.3, -0.25) is 19.6 Å². The van der Waals surface area contributed by atoms with Crippen LogP contribution in [0.15, 0.2) is 59.2 Å². The Morgan fingerprint density at radius 1 is 0.862 bits per heavy atom. The van der Waals surface area contributed by atoms with Crippen molar-refractivity contribution < 1.29 is 29.0 Å². The summed E-state index contributed by atoms with van der Waals surface area (Å²) in [6.45, 7) is 22.8. The highest BCUT2D eigenvalue weighted by atomic mass is 16.5. The number of carbonyl (C=O) groups is 3. The van der Waals surface area contributed by atoms with E-state index in [0.29, 0.717) is 56.3 Å². The number of nitrogens with zero attached hydrogens (tertiary/aromatic N) is 2. The lowest BCUT2D eigenvalue weighted by Crippen LogP contribution is -2.22. The number of rotatable bonds is 16. The number of carbonyl (C=O) groups excluding carboxylic acids is 3. The molecule has 5 heterocycles. The summed E-state index contributed by atoms with van der Waals surface area (Å²) in [5.41, 5.74) is 12.5. The smallest absolute Gasteiger partial charge is 0.342 e. The average molecular weight is 883 g/mol. The summed E-state index contributed by atoms with van der Waals surface area (Å²) in [6.07, 6.45) is 17.0. The first-order valence-corrected chi connectivity index (χ1v) is 23.5. The summed E-state index contributed by atoms with van der Waals surface area (Å²) < 4.78 is 11.0. The normalized spacial score (nSPS) is 18.9. The Kier molecular flexibility index (Phi) is 15.8. The number of fused-ring (bicyclic) bond motifs is 8. The second-order valence-electron chi connectivity index (χ2n) is 18.9. The molecule has 3 N–H and O–H groups in total. The van der Waals surface area contributed by atoms with E-state index < -0.39 is 11.8 Å². The Morgan fingerprint density at radius 3 is 2.26 bits per heavy atom. The number of allylic oxidation sites excluding steroid dienone is 7. The molecule has 0 spiro atoms. The molecule has 3 aliphatic rings. The van der Waals surface area contributed by atoms with Crippen molar-refractivity contribution in [2.24, 2.45) is 5.92 Å². The van der Waals surface area contributed by atoms with Crippen LogP contribution in [0.5, 0.6) is 0 Å². The third-order valence-corrected chi connectivity index (χ3v) is 13.7. The molecule has 10 heteroatoms. The number of hydrogen-bond donors (Lipinski definition) is 3. The lowest BCUT2D eigenvalue weighted by atomic mass is 9.86. The number of Topliss-reactive ketones (excluding diaryl/α,β-unsaturated/α-hetero) is 1. The van der Waals surface area contributed by atoms with Gasteiger partial charge in [-0.2, -0.15) is 0 Å². The number of aryl methyl sites for hydroxylation is 2. The van der Waals surface area contributed by atoms with Gasteiger partial charge in [-0.05, 0) is 147 Å². The highest BCUT2D eigenvalue weighted by Crippen LogP contribution is 2.41. The molecule has 10 nitrogen and oxygen atoms in total. The molecule has 6 rings (SSSR count). The van der Waals surface area contributed by atoms with Crippen LogP contribution in [0.4, 0.5) is 0 Å². The van der Waals surface area contributed by atoms with E-state index in [4.69, 9.17) is 19.4 Å². The van der Waals surface area contributed by atoms with E-state index >= 15 is 0 Å². The van der Waals surface area contributed by atoms with Crippen molar-refractivity contribution in [1.29, 1.82) is 0 Å². The van der Waals surface area contributed by atoms with Crippen molar-refractivity contribution >= 4 is 56.7 Å². The number of aliphatic hydroxyl groups is 1. The molecule has 3 aromatic rings. The molecule has 65 heavy (non-hydrogen) atoms. The number of esters is 2. The minimum absolute atomic E-state index is 0.0347. The molecule has 1 aliphatic carbocycles. The van der Waals surface area contributed by atoms with E-state index in [2.05, 4.69) is 70.6 Å². The van der Waals surface area contributed by atoms with Crippen molar-refractivity contribution in [2.75, 3.05) is 13.7 Å². The van der Waals surface area contributed by atoms with Crippen molar-refractivity contribution in [1.82, 2.24) is 19.9 Å². The lowest BCUT2D eigenvalue weighted by molar-refractivity contribution is -0.142. The molecular weight excluding hydrogens is 813 g/mol. The predicted molar refractivity (Wildman–Crippen MR) is 263 cm³/mol. The maximum Gasteiger partial charge on any atom is 0.342 e. The van der Waals surface area contributed by atoms with Gasteiger partial charge >= 0.3 is 11.9 Å². The van der Waals surface area contributed by atoms with Crippen LogP contribution in [0.25, 0.3) is 39.0 Å². The zero-order valence-electron chi connectivity index (χ0n) is 40.8. The van der Waals surface area contributed by atoms with Crippen LogP contribution in [0.2, 0.25) is 0 Å². The summed E-state index contributed by atoms with van der Waals surface area (Å²) in [5.74, 6) is -1.27. The summed E-state index contributed by atoms with van der Waals surface area (Å²) in [5, 5.41) is 12.1. The summed E-state index contributed by atoms with van der Waals surface area (Å²) in [6, 6.07) is 5.92. The van der Waals surface area contributed by atoms with Gasteiger partial charge in [0.25, 0.3) is 0 Å². The maximum absolute atomic E-state index is 14.4. The first-order valence-electron chi connectivity index (χ1n) is 23.5. The fraction of sp³-hybridized carbons (Fsp3) is 0.473. The van der Waals surface area contributed by atoms with Gasteiger partial charge < -0.3 is 24.5 Å². The molecule has 0 fully saturated rings. The van der Waals surface area contributed by atoms with Gasteiger partial charge in [-0.15, -0.1) is 0 Å². The minimum atomic E-state index is -0.742. The Labute approximate surface area is 384 Å². The number of aromatic amines is 2. The van der Waals surface area contributed by atoms with E-state index in [0.717, 1.165) is 72.1 Å². The van der Waals surface area contributed by atoms with Crippen molar-refractivity contribution in [3.8, 4) is 0 Å². The molecule has 0 amide bonds. The van der Waals surface area contributed by atoms with E-state index in [1.54, 1.807) is 6.92 Å². The summed E-state index contributed by atoms with van der Waals surface area (Å²) in [7, 11) is 1.27. The Hall–Kier alpha value is -5.77. The fourth-order valence-corrected chi connectivity index (χ4v) is 9.75. The Bertz CT molecular complexity index is 2790. The van der Waals surface area contributed by atoms with Crippen LogP contribution in [-0.2, 0) is 19.1 Å². The fourth-order valence-electron chi connectivity index (χ4n) is 9.75. The van der Waals surface area contributed by atoms with Gasteiger partial charge in [0.2, 0.25) is 5.78 Å². The van der Waals surface area contributed by atoms with Crippen LogP contribution in [0.3, 0.4) is 0 Å². The molecule has 0 unspecified atom stereocenters. The van der Waals surface area contributed by atoms with E-state index in [9.17, 15) is 19.5 Å². The minimum Gasteiger partial charge on any atom is -0.512 e. The zero-order valence-corrected chi connectivity index (χ0v) is 40.8. The number of ether oxygens (including phenoxy) is 2. The maximum atomic E-state index is 14.4. The molecule has 2 aliphatic heterocycles. The van der Waals surface area contributed by atoms with Gasteiger partial charge in [0, 0.05) is 51.3 Å². The van der Waals surface area contributed by atoms with Crippen LogP contribution >= 0.6 is 0 Å². The summed E-state index contributed by atoms with van der Waals surface area (Å²) >= 11 is 0. The Balaban J connectivity index is 1.28. The van der Waals surface area contributed by atoms with Crippen molar-refractivity contribution in [2.45, 2.75) is 152 Å². The number of aromatic nitrogens is 4. The standard InChI is InChI=1S/C55H70N4O6/c1-13-39-34(7)41-29-46-48(38(11)60)36(9)43(57-46)27-42-35(8)40(52(58-42)50-51(55(63)64-12)54(62)49-37(10)44(59-53(49)50)28-45(39)56-41)23-24-47(61)65-26-25-33(6)22-16-21-32(5)20-15-19-31(4)18-14-17-30(2)3/h13,17,19,25,27-29,32,34-35,40,57,59-60H,14-16,18,20-24,26H2,1-12H3/b31-19+,33-25+,39-13+,42-27?,45-28?,46-29?,48-38?/t32-,34-,35+,40+/m1/s1. The van der Waals surface area contributed by atoms with Crippen LogP contribution in [-0.4, -0.2) is 56.5 Å². The second-order valence-corrected chi connectivity index (χ2v) is 18.9. The number of nitrogens with one attached hydrogen (secondary N) is 2. The van der Waals surface area contributed by atoms with E-state index in [-0.39, 0.29) is 48.1 Å². The monoisotopic (exact) mass is 883 g/mol. The molecule has 0 saturated heterocycles. The second kappa shape index (κ2) is 21.0. The molecule has 0 aromatic carbocycles. The molecule has 0 radical (unpaired) electrons. The van der Waals surface area contributed by atoms with E-state index in [1.807, 2.05) is 51.1 Å². The summed E-state index contributed by atoms with van der Waals surface area (Å²) in [4.78, 5) is 58.7. The van der Waals surface area contributed by atoms with Crippen LogP contribution in [0.1, 0.15) is 182 Å². The van der Waals surface area contributed by atoms with Gasteiger partial charge in [0.05, 0.1) is 46.5 Å². The SMILES string of the molecule is C/C=C1/c2cc3[nH]c4c(c3C)C(=O)C(C(=O)OC)=c4c3nc(cc4[nH]c(cc(n2)[C@@H]1C)c(=C(C)O)c4C)[C@@H](C)[C@@H]3CCC(=O)OC/C=C(\C)CCC[C@H](C)CC/C=C(\C)CCC=C(C)C. The van der Waals surface area contributed by atoms with Crippen molar-refractivity contribution in [3.05, 3.63) is 109 Å². The Morgan fingerprint density at radius 2 is 1.57 bits per heavy atom. The van der Waals surface area contributed by atoms with Gasteiger partial charge in [-0.1, -0.05) is 62.1 Å². The van der Waals surface area contributed by atoms with Crippen molar-refractivity contribution in [3.63, 3.8) is 0 Å². The van der Waals surface area contributed by atoms with Crippen LogP contribution in [0, 0.1) is 19.8 Å².